The maximum Gasteiger partial charge on any atom is 0.123 e. The molecule has 0 aromatic heterocycles. The lowest BCUT2D eigenvalue weighted by Crippen LogP contribution is -2.30. The number of fused-ring (bicyclic) bond motifs is 1. The van der Waals surface area contributed by atoms with Crippen LogP contribution >= 0.6 is 0 Å². The van der Waals surface area contributed by atoms with Crippen LogP contribution < -0.4 is 0 Å². The van der Waals surface area contributed by atoms with E-state index in [0.29, 0.717) is 11.3 Å². The van der Waals surface area contributed by atoms with E-state index in [4.69, 9.17) is 0 Å². The lowest BCUT2D eigenvalue weighted by molar-refractivity contribution is -0.113. The Hall–Kier alpha value is -0.590. The van der Waals surface area contributed by atoms with Gasteiger partial charge in [-0.3, -0.25) is 0 Å². The zero-order valence-electron chi connectivity index (χ0n) is 8.36. The van der Waals surface area contributed by atoms with Gasteiger partial charge in [-0.25, -0.2) is 0 Å². The number of carbonyl (C=O) groups is 1. The third-order valence-corrected chi connectivity index (χ3v) is 5.66. The number of rotatable bonds is 1. The molecule has 1 spiro atoms. The monoisotopic (exact) mass is 188 g/mol. The van der Waals surface area contributed by atoms with Crippen LogP contribution in [-0.4, -0.2) is 6.29 Å². The fraction of sp³-hybridized carbons (Fsp3) is 0.769. The Morgan fingerprint density at radius 3 is 3.07 bits per heavy atom. The van der Waals surface area contributed by atoms with Crippen LogP contribution in [0.15, 0.2) is 12.2 Å². The van der Waals surface area contributed by atoms with Crippen LogP contribution in [0.5, 0.6) is 0 Å². The van der Waals surface area contributed by atoms with Crippen LogP contribution in [-0.2, 0) is 4.79 Å². The van der Waals surface area contributed by atoms with Crippen molar-refractivity contribution in [2.75, 3.05) is 0 Å². The van der Waals surface area contributed by atoms with Gasteiger partial charge in [-0.1, -0.05) is 12.2 Å². The molecule has 0 aliphatic heterocycles. The summed E-state index contributed by atoms with van der Waals surface area (Å²) in [6.45, 7) is 0. The van der Waals surface area contributed by atoms with Gasteiger partial charge < -0.3 is 4.79 Å². The molecule has 0 saturated heterocycles. The number of hydrogen-bond acceptors (Lipinski definition) is 1. The molecule has 0 radical (unpaired) electrons. The lowest BCUT2D eigenvalue weighted by atomic mass is 9.70. The number of aldehydes is 1. The van der Waals surface area contributed by atoms with E-state index in [2.05, 4.69) is 12.2 Å². The minimum atomic E-state index is 0.424. The topological polar surface area (TPSA) is 17.1 Å². The summed E-state index contributed by atoms with van der Waals surface area (Å²) in [6.07, 6.45) is 11.4. The first-order valence-electron chi connectivity index (χ1n) is 5.96. The van der Waals surface area contributed by atoms with Crippen molar-refractivity contribution < 1.29 is 4.79 Å². The lowest BCUT2D eigenvalue weighted by Gasteiger charge is -2.34. The molecule has 0 aromatic rings. The van der Waals surface area contributed by atoms with Crippen molar-refractivity contribution in [1.82, 2.24) is 0 Å². The smallest absolute Gasteiger partial charge is 0.123 e. The zero-order chi connectivity index (χ0) is 9.34. The van der Waals surface area contributed by atoms with Crippen molar-refractivity contribution in [3.63, 3.8) is 0 Å². The fourth-order valence-corrected chi connectivity index (χ4v) is 5.45. The molecule has 4 rings (SSSR count). The van der Waals surface area contributed by atoms with Crippen LogP contribution in [0.25, 0.3) is 0 Å². The molecule has 4 aliphatic rings. The van der Waals surface area contributed by atoms with Gasteiger partial charge in [-0.15, -0.1) is 0 Å². The van der Waals surface area contributed by atoms with Crippen molar-refractivity contribution >= 4 is 6.29 Å². The van der Waals surface area contributed by atoms with Gasteiger partial charge in [0, 0.05) is 5.92 Å². The molecule has 3 fully saturated rings. The highest BCUT2D eigenvalue weighted by molar-refractivity contribution is 5.56. The second-order valence-corrected chi connectivity index (χ2v) is 5.95. The number of allylic oxidation sites excluding steroid dienone is 2. The van der Waals surface area contributed by atoms with E-state index in [0.717, 1.165) is 23.7 Å². The Morgan fingerprint density at radius 2 is 2.21 bits per heavy atom. The molecule has 0 heterocycles. The number of carbonyl (C=O) groups excluding carboxylic acids is 1. The molecule has 6 atom stereocenters. The summed E-state index contributed by atoms with van der Waals surface area (Å²) in [5.74, 6) is 3.88. The maximum absolute atomic E-state index is 11.0. The normalized spacial score (nSPS) is 62.1. The van der Waals surface area contributed by atoms with Gasteiger partial charge in [0.1, 0.15) is 6.29 Å². The minimum absolute atomic E-state index is 0.424. The van der Waals surface area contributed by atoms with Crippen molar-refractivity contribution in [2.24, 2.45) is 35.0 Å². The highest BCUT2D eigenvalue weighted by Crippen LogP contribution is 2.74. The van der Waals surface area contributed by atoms with E-state index in [1.165, 1.54) is 32.0 Å². The molecule has 3 saturated carbocycles. The van der Waals surface area contributed by atoms with Gasteiger partial charge in [0.2, 0.25) is 0 Å². The molecule has 0 N–H and O–H groups in total. The first kappa shape index (κ1) is 7.67. The summed E-state index contributed by atoms with van der Waals surface area (Å²) in [4.78, 5) is 11.0. The maximum atomic E-state index is 11.0. The van der Waals surface area contributed by atoms with Crippen molar-refractivity contribution in [2.45, 2.75) is 25.7 Å². The highest BCUT2D eigenvalue weighted by atomic mass is 16.1. The van der Waals surface area contributed by atoms with Crippen LogP contribution in [0, 0.1) is 35.0 Å². The fourth-order valence-electron chi connectivity index (χ4n) is 5.45. The second kappa shape index (κ2) is 2.15. The summed E-state index contributed by atoms with van der Waals surface area (Å²) < 4.78 is 0. The zero-order valence-corrected chi connectivity index (χ0v) is 8.36. The van der Waals surface area contributed by atoms with Crippen LogP contribution in [0.4, 0.5) is 0 Å². The van der Waals surface area contributed by atoms with Gasteiger partial charge in [0.25, 0.3) is 0 Å². The van der Waals surface area contributed by atoms with Gasteiger partial charge in [-0.2, -0.15) is 0 Å². The quantitative estimate of drug-likeness (QED) is 0.456. The van der Waals surface area contributed by atoms with E-state index >= 15 is 0 Å². The average Bonchev–Trinajstić information content (AvgIpc) is 2.73. The van der Waals surface area contributed by atoms with Crippen LogP contribution in [0.3, 0.4) is 0 Å². The average molecular weight is 188 g/mol. The predicted molar refractivity (Wildman–Crippen MR) is 53.6 cm³/mol. The molecule has 6 unspecified atom stereocenters. The summed E-state index contributed by atoms with van der Waals surface area (Å²) in [7, 11) is 0. The molecule has 0 aromatic carbocycles. The van der Waals surface area contributed by atoms with E-state index in [9.17, 15) is 4.79 Å². The van der Waals surface area contributed by atoms with E-state index in [1.54, 1.807) is 0 Å². The minimum Gasteiger partial charge on any atom is -0.303 e. The standard InChI is InChI=1S/C13H16O/c14-7-9-5-13-4-8-2-1-3-11(13)12(8)10(9)6-13/h1-2,7-12H,3-6H2. The molecule has 14 heavy (non-hydrogen) atoms. The summed E-state index contributed by atoms with van der Waals surface area (Å²) in [5, 5.41) is 0. The third kappa shape index (κ3) is 0.627. The molecule has 0 amide bonds. The van der Waals surface area contributed by atoms with Gasteiger partial charge in [0.05, 0.1) is 0 Å². The summed E-state index contributed by atoms with van der Waals surface area (Å²) in [6, 6.07) is 0. The Kier molecular flexibility index (Phi) is 1.18. The van der Waals surface area contributed by atoms with Crippen molar-refractivity contribution in [1.29, 1.82) is 0 Å². The molecular weight excluding hydrogens is 172 g/mol. The van der Waals surface area contributed by atoms with Crippen molar-refractivity contribution in [3.05, 3.63) is 12.2 Å². The largest absolute Gasteiger partial charge is 0.303 e. The van der Waals surface area contributed by atoms with Crippen LogP contribution in [0.2, 0.25) is 0 Å². The second-order valence-electron chi connectivity index (χ2n) is 5.95. The molecule has 1 nitrogen and oxygen atoms in total. The first-order valence-corrected chi connectivity index (χ1v) is 5.96. The summed E-state index contributed by atoms with van der Waals surface area (Å²) >= 11 is 0. The Bertz CT molecular complexity index is 332. The highest BCUT2D eigenvalue weighted by Gasteiger charge is 2.67. The SMILES string of the molecule is O=CC1CC23CC4C=CCC2C4C1C3. The van der Waals surface area contributed by atoms with E-state index < -0.39 is 0 Å². The Morgan fingerprint density at radius 1 is 1.29 bits per heavy atom. The summed E-state index contributed by atoms with van der Waals surface area (Å²) in [5.41, 5.74) is 0.606. The van der Waals surface area contributed by atoms with E-state index in [1.807, 2.05) is 0 Å². The third-order valence-electron chi connectivity index (χ3n) is 5.66. The van der Waals surface area contributed by atoms with Crippen LogP contribution in [0.1, 0.15) is 25.7 Å². The first-order chi connectivity index (χ1) is 6.84. The Balaban J connectivity index is 1.83. The van der Waals surface area contributed by atoms with Gasteiger partial charge in [-0.05, 0) is 54.8 Å². The molecular formula is C13H16O. The molecule has 1 heteroatoms. The van der Waals surface area contributed by atoms with Gasteiger partial charge in [0.15, 0.2) is 0 Å². The predicted octanol–water partition coefficient (Wildman–Crippen LogP) is 2.42. The van der Waals surface area contributed by atoms with Gasteiger partial charge >= 0.3 is 0 Å². The molecule has 5 bridgehead atoms. The van der Waals surface area contributed by atoms with Crippen molar-refractivity contribution in [3.8, 4) is 0 Å². The number of hydrogen-bond donors (Lipinski definition) is 0. The molecule has 4 aliphatic carbocycles. The van der Waals surface area contributed by atoms with E-state index in [-0.39, 0.29) is 0 Å². The molecule has 74 valence electrons. The Labute approximate surface area is 84.6 Å².